The van der Waals surface area contributed by atoms with Crippen LogP contribution in [-0.2, 0) is 9.53 Å². The number of amides is 2. The molecule has 2 heterocycles. The van der Waals surface area contributed by atoms with Gasteiger partial charge >= 0.3 is 0 Å². The van der Waals surface area contributed by atoms with Gasteiger partial charge in [0.25, 0.3) is 5.91 Å². The first kappa shape index (κ1) is 20.9. The molecule has 0 spiro atoms. The average Bonchev–Trinajstić information content (AvgIpc) is 3.16. The Hall–Kier alpha value is -3.39. The zero-order valence-electron chi connectivity index (χ0n) is 17.3. The van der Waals surface area contributed by atoms with Crippen molar-refractivity contribution < 1.29 is 23.1 Å². The highest BCUT2D eigenvalue weighted by Gasteiger charge is 2.29. The van der Waals surface area contributed by atoms with Crippen LogP contribution in [0.4, 0.5) is 15.8 Å². The minimum Gasteiger partial charge on any atom is -0.449 e. The van der Waals surface area contributed by atoms with Crippen molar-refractivity contribution in [3.05, 3.63) is 60.1 Å². The summed E-state index contributed by atoms with van der Waals surface area (Å²) in [6, 6.07) is 13.8. The van der Waals surface area contributed by atoms with Crippen molar-refractivity contribution in [2.24, 2.45) is 0 Å². The summed E-state index contributed by atoms with van der Waals surface area (Å²) >= 11 is 0. The fourth-order valence-corrected chi connectivity index (χ4v) is 3.69. The van der Waals surface area contributed by atoms with Gasteiger partial charge in [0.2, 0.25) is 11.7 Å². The van der Waals surface area contributed by atoms with E-state index in [9.17, 15) is 14.0 Å². The van der Waals surface area contributed by atoms with E-state index in [4.69, 9.17) is 9.15 Å². The summed E-state index contributed by atoms with van der Waals surface area (Å²) in [5.41, 5.74) is 1.40. The van der Waals surface area contributed by atoms with E-state index in [0.29, 0.717) is 55.1 Å². The normalized spacial score (nSPS) is 14.1. The van der Waals surface area contributed by atoms with Crippen LogP contribution in [0.5, 0.6) is 0 Å². The van der Waals surface area contributed by atoms with Gasteiger partial charge in [0.05, 0.1) is 5.69 Å². The van der Waals surface area contributed by atoms with E-state index in [-0.39, 0.29) is 30.0 Å². The van der Waals surface area contributed by atoms with Gasteiger partial charge in [-0.3, -0.25) is 9.59 Å². The maximum Gasteiger partial charge on any atom is 0.291 e. The fraction of sp³-hybridized carbons (Fsp3) is 0.304. The zero-order chi connectivity index (χ0) is 21.8. The van der Waals surface area contributed by atoms with E-state index in [1.807, 2.05) is 11.0 Å². The average molecular weight is 425 g/mol. The Kier molecular flexibility index (Phi) is 6.18. The standard InChI is InChI=1S/C23H24FN3O4/c1-2-30-15-20(28)25-21-16-7-3-6-10-19(16)31-22(21)23(29)27-13-11-26(12-14-27)18-9-5-4-8-17(18)24/h3-10H,2,11-15H2,1H3,(H,25,28). The van der Waals surface area contributed by atoms with E-state index in [0.717, 1.165) is 0 Å². The lowest BCUT2D eigenvalue weighted by Crippen LogP contribution is -2.49. The number of rotatable bonds is 6. The number of nitrogens with zero attached hydrogens (tertiary/aromatic N) is 2. The largest absolute Gasteiger partial charge is 0.449 e. The minimum atomic E-state index is -0.355. The monoisotopic (exact) mass is 425 g/mol. The number of piperazine rings is 1. The summed E-state index contributed by atoms with van der Waals surface area (Å²) in [5, 5.41) is 3.42. The van der Waals surface area contributed by atoms with Crippen LogP contribution in [0.15, 0.2) is 52.9 Å². The molecule has 0 bridgehead atoms. The van der Waals surface area contributed by atoms with Crippen molar-refractivity contribution in [3.8, 4) is 0 Å². The van der Waals surface area contributed by atoms with Gasteiger partial charge in [-0.05, 0) is 31.2 Å². The summed E-state index contributed by atoms with van der Waals surface area (Å²) in [6.07, 6.45) is 0. The van der Waals surface area contributed by atoms with Crippen LogP contribution >= 0.6 is 0 Å². The lowest BCUT2D eigenvalue weighted by molar-refractivity contribution is -0.120. The molecule has 0 saturated carbocycles. The number of hydrogen-bond acceptors (Lipinski definition) is 5. The maximum atomic E-state index is 14.1. The molecule has 4 rings (SSSR count). The summed E-state index contributed by atoms with van der Waals surface area (Å²) in [5.74, 6) is -0.854. The van der Waals surface area contributed by atoms with Crippen LogP contribution in [-0.4, -0.2) is 56.1 Å². The molecule has 1 N–H and O–H groups in total. The lowest BCUT2D eigenvalue weighted by atomic mass is 10.2. The van der Waals surface area contributed by atoms with Gasteiger partial charge in [0.15, 0.2) is 0 Å². The summed E-state index contributed by atoms with van der Waals surface area (Å²) in [7, 11) is 0. The lowest BCUT2D eigenvalue weighted by Gasteiger charge is -2.35. The second-order valence-corrected chi connectivity index (χ2v) is 7.22. The molecule has 1 aromatic heterocycles. The summed E-state index contributed by atoms with van der Waals surface area (Å²) in [6.45, 7) is 3.93. The molecule has 8 heteroatoms. The summed E-state index contributed by atoms with van der Waals surface area (Å²) in [4.78, 5) is 29.1. The highest BCUT2D eigenvalue weighted by atomic mass is 19.1. The molecule has 2 aromatic carbocycles. The Morgan fingerprint density at radius 3 is 2.52 bits per heavy atom. The SMILES string of the molecule is CCOCC(=O)Nc1c(C(=O)N2CCN(c3ccccc3F)CC2)oc2ccccc12. The molecule has 31 heavy (non-hydrogen) atoms. The number of carbonyl (C=O) groups is 2. The third-order valence-electron chi connectivity index (χ3n) is 5.25. The van der Waals surface area contributed by atoms with Crippen molar-refractivity contribution in [1.29, 1.82) is 0 Å². The molecule has 7 nitrogen and oxygen atoms in total. The third-order valence-corrected chi connectivity index (χ3v) is 5.25. The van der Waals surface area contributed by atoms with Crippen LogP contribution < -0.4 is 10.2 Å². The van der Waals surface area contributed by atoms with Crippen LogP contribution in [0, 0.1) is 5.82 Å². The molecule has 162 valence electrons. The number of ether oxygens (including phenoxy) is 1. The smallest absolute Gasteiger partial charge is 0.291 e. The molecule has 1 aliphatic rings. The van der Waals surface area contributed by atoms with Crippen molar-refractivity contribution in [3.63, 3.8) is 0 Å². The van der Waals surface area contributed by atoms with Crippen molar-refractivity contribution >= 4 is 34.2 Å². The Morgan fingerprint density at radius 2 is 1.77 bits per heavy atom. The minimum absolute atomic E-state index is 0.0883. The van der Waals surface area contributed by atoms with E-state index in [1.165, 1.54) is 6.07 Å². The van der Waals surface area contributed by atoms with Crippen LogP contribution in [0.2, 0.25) is 0 Å². The van der Waals surface area contributed by atoms with Gasteiger partial charge in [-0.25, -0.2) is 4.39 Å². The number of fused-ring (bicyclic) bond motifs is 1. The zero-order valence-corrected chi connectivity index (χ0v) is 17.3. The maximum absolute atomic E-state index is 14.1. The number of para-hydroxylation sites is 2. The van der Waals surface area contributed by atoms with Gasteiger partial charge in [0.1, 0.15) is 23.7 Å². The molecule has 3 aromatic rings. The van der Waals surface area contributed by atoms with Crippen molar-refractivity contribution in [2.75, 3.05) is 49.6 Å². The number of nitrogens with one attached hydrogen (secondary N) is 1. The molecular weight excluding hydrogens is 401 g/mol. The molecule has 0 radical (unpaired) electrons. The molecular formula is C23H24FN3O4. The quantitative estimate of drug-likeness (QED) is 0.654. The molecule has 1 saturated heterocycles. The van der Waals surface area contributed by atoms with Gasteiger partial charge in [0, 0.05) is 38.2 Å². The molecule has 2 amide bonds. The fourth-order valence-electron chi connectivity index (χ4n) is 3.69. The molecule has 0 atom stereocenters. The second-order valence-electron chi connectivity index (χ2n) is 7.22. The Labute approximate surface area is 179 Å². The van der Waals surface area contributed by atoms with E-state index < -0.39 is 0 Å². The Morgan fingerprint density at radius 1 is 1.06 bits per heavy atom. The predicted molar refractivity (Wildman–Crippen MR) is 116 cm³/mol. The number of furan rings is 1. The van der Waals surface area contributed by atoms with Gasteiger partial charge in [-0.2, -0.15) is 0 Å². The second kappa shape index (κ2) is 9.18. The first-order valence-electron chi connectivity index (χ1n) is 10.3. The highest BCUT2D eigenvalue weighted by Crippen LogP contribution is 2.32. The highest BCUT2D eigenvalue weighted by molar-refractivity contribution is 6.11. The predicted octanol–water partition coefficient (Wildman–Crippen LogP) is 3.51. The van der Waals surface area contributed by atoms with Crippen LogP contribution in [0.25, 0.3) is 11.0 Å². The van der Waals surface area contributed by atoms with Crippen molar-refractivity contribution in [1.82, 2.24) is 4.90 Å². The number of halogens is 1. The summed E-state index contributed by atoms with van der Waals surface area (Å²) < 4.78 is 25.1. The van der Waals surface area contributed by atoms with E-state index >= 15 is 0 Å². The topological polar surface area (TPSA) is 75.0 Å². The number of benzene rings is 2. The van der Waals surface area contributed by atoms with E-state index in [2.05, 4.69) is 5.32 Å². The van der Waals surface area contributed by atoms with Gasteiger partial charge in [-0.15, -0.1) is 0 Å². The number of carbonyl (C=O) groups excluding carboxylic acids is 2. The Balaban J connectivity index is 1.53. The first-order chi connectivity index (χ1) is 15.1. The van der Waals surface area contributed by atoms with Gasteiger partial charge in [-0.1, -0.05) is 24.3 Å². The van der Waals surface area contributed by atoms with Gasteiger partial charge < -0.3 is 24.3 Å². The van der Waals surface area contributed by atoms with Crippen molar-refractivity contribution in [2.45, 2.75) is 6.92 Å². The van der Waals surface area contributed by atoms with Crippen LogP contribution in [0.1, 0.15) is 17.5 Å². The van der Waals surface area contributed by atoms with E-state index in [1.54, 1.807) is 48.2 Å². The number of hydrogen-bond donors (Lipinski definition) is 1. The third kappa shape index (κ3) is 4.39. The van der Waals surface area contributed by atoms with Crippen LogP contribution in [0.3, 0.4) is 0 Å². The molecule has 1 fully saturated rings. The molecule has 0 unspecified atom stereocenters. The first-order valence-corrected chi connectivity index (χ1v) is 10.3. The Bertz CT molecular complexity index is 1090. The molecule has 0 aliphatic carbocycles. The number of anilines is 2. The molecule has 1 aliphatic heterocycles.